The van der Waals surface area contributed by atoms with Crippen LogP contribution in [0.15, 0.2) is 54.6 Å². The summed E-state index contributed by atoms with van der Waals surface area (Å²) in [7, 11) is 0. The van der Waals surface area contributed by atoms with E-state index in [2.05, 4.69) is 78.1 Å². The summed E-state index contributed by atoms with van der Waals surface area (Å²) in [5.41, 5.74) is 3.93. The largest absolute Gasteiger partial charge is 0.468 e. The van der Waals surface area contributed by atoms with Crippen molar-refractivity contribution in [2.24, 2.45) is 5.92 Å². The van der Waals surface area contributed by atoms with Crippen LogP contribution in [0.3, 0.4) is 0 Å². The molecule has 1 aliphatic heterocycles. The number of likely N-dealkylation sites (tertiary alicyclic amines) is 1. The quantitative estimate of drug-likeness (QED) is 0.450. The van der Waals surface area contributed by atoms with E-state index in [4.69, 9.17) is 0 Å². The van der Waals surface area contributed by atoms with Gasteiger partial charge in [0, 0.05) is 18.5 Å². The minimum Gasteiger partial charge on any atom is -0.468 e. The summed E-state index contributed by atoms with van der Waals surface area (Å²) >= 11 is 0. The Bertz CT molecular complexity index is 758. The molecular weight excluding hydrogens is 398 g/mol. The van der Waals surface area contributed by atoms with Crippen LogP contribution >= 0.6 is 0 Å². The fraction of sp³-hybridized carbons (Fsp3) is 0.500. The average molecular weight is 440 g/mol. The summed E-state index contributed by atoms with van der Waals surface area (Å²) in [4.78, 5) is 24.2. The molecule has 1 fully saturated rings. The SMILES string of the molecule is CC.CCCC1C[C@H](Cc2ccccc2)N(CCc2ccc(C)cc2)C1=O.CCOC=O. The number of carbonyl (C=O) groups excluding carboxylic acids is 2. The smallest absolute Gasteiger partial charge is 0.293 e. The third-order valence-electron chi connectivity index (χ3n) is 5.58. The number of amides is 1. The van der Waals surface area contributed by atoms with Crippen molar-refractivity contribution in [1.82, 2.24) is 4.90 Å². The van der Waals surface area contributed by atoms with E-state index in [0.29, 0.717) is 25.0 Å². The Morgan fingerprint density at radius 3 is 2.19 bits per heavy atom. The van der Waals surface area contributed by atoms with Gasteiger partial charge in [0.2, 0.25) is 5.91 Å². The summed E-state index contributed by atoms with van der Waals surface area (Å²) < 4.78 is 4.15. The maximum absolute atomic E-state index is 12.9. The molecule has 1 aliphatic rings. The number of aryl methyl sites for hydroxylation is 1. The molecule has 176 valence electrons. The molecule has 2 aromatic rings. The van der Waals surface area contributed by atoms with Crippen molar-refractivity contribution in [2.75, 3.05) is 13.2 Å². The van der Waals surface area contributed by atoms with Crippen molar-refractivity contribution < 1.29 is 14.3 Å². The van der Waals surface area contributed by atoms with Gasteiger partial charge in [-0.15, -0.1) is 0 Å². The van der Waals surface area contributed by atoms with E-state index in [9.17, 15) is 9.59 Å². The molecule has 0 aliphatic carbocycles. The maximum atomic E-state index is 12.9. The highest BCUT2D eigenvalue weighted by molar-refractivity contribution is 5.81. The van der Waals surface area contributed by atoms with Crippen molar-refractivity contribution >= 4 is 12.4 Å². The molecular formula is C28H41NO3. The van der Waals surface area contributed by atoms with Crippen LogP contribution in [0.5, 0.6) is 0 Å². The predicted molar refractivity (Wildman–Crippen MR) is 133 cm³/mol. The Kier molecular flexibility index (Phi) is 13.8. The lowest BCUT2D eigenvalue weighted by Gasteiger charge is -2.25. The second-order valence-electron chi connectivity index (χ2n) is 7.88. The fourth-order valence-corrected chi connectivity index (χ4v) is 4.01. The normalized spacial score (nSPS) is 17.0. The molecule has 0 saturated carbocycles. The molecule has 0 N–H and O–H groups in total. The minimum absolute atomic E-state index is 0.219. The van der Waals surface area contributed by atoms with Gasteiger partial charge in [-0.3, -0.25) is 9.59 Å². The zero-order valence-electron chi connectivity index (χ0n) is 20.5. The van der Waals surface area contributed by atoms with Crippen molar-refractivity contribution in [3.05, 3.63) is 71.3 Å². The van der Waals surface area contributed by atoms with Crippen LogP contribution in [0.4, 0.5) is 0 Å². The van der Waals surface area contributed by atoms with Gasteiger partial charge in [-0.25, -0.2) is 0 Å². The number of benzene rings is 2. The van der Waals surface area contributed by atoms with Gasteiger partial charge in [0.1, 0.15) is 0 Å². The molecule has 2 aromatic carbocycles. The molecule has 0 aromatic heterocycles. The highest BCUT2D eigenvalue weighted by Gasteiger charge is 2.38. The Hall–Kier alpha value is -2.62. The van der Waals surface area contributed by atoms with Gasteiger partial charge in [0.05, 0.1) is 6.61 Å². The molecule has 3 rings (SSSR count). The van der Waals surface area contributed by atoms with Crippen LogP contribution in [0, 0.1) is 12.8 Å². The molecule has 4 nitrogen and oxygen atoms in total. The van der Waals surface area contributed by atoms with Gasteiger partial charge in [0.15, 0.2) is 0 Å². The zero-order valence-corrected chi connectivity index (χ0v) is 20.5. The number of rotatable bonds is 9. The predicted octanol–water partition coefficient (Wildman–Crippen LogP) is 6.00. The topological polar surface area (TPSA) is 46.6 Å². The van der Waals surface area contributed by atoms with Crippen molar-refractivity contribution in [2.45, 2.75) is 72.8 Å². The second kappa shape index (κ2) is 16.1. The molecule has 2 atom stereocenters. The summed E-state index contributed by atoms with van der Waals surface area (Å²) in [6.07, 6.45) is 5.03. The molecule has 4 heteroatoms. The molecule has 1 amide bonds. The van der Waals surface area contributed by atoms with E-state index < -0.39 is 0 Å². The lowest BCUT2D eigenvalue weighted by molar-refractivity contribution is -0.132. The molecule has 1 unspecified atom stereocenters. The highest BCUT2D eigenvalue weighted by atomic mass is 16.5. The zero-order chi connectivity index (χ0) is 23.8. The lowest BCUT2D eigenvalue weighted by Crippen LogP contribution is -2.36. The third-order valence-corrected chi connectivity index (χ3v) is 5.58. The fourth-order valence-electron chi connectivity index (χ4n) is 4.01. The van der Waals surface area contributed by atoms with Crippen LogP contribution in [-0.2, 0) is 27.2 Å². The monoisotopic (exact) mass is 439 g/mol. The van der Waals surface area contributed by atoms with Gasteiger partial charge in [0.25, 0.3) is 6.47 Å². The molecule has 0 spiro atoms. The molecule has 32 heavy (non-hydrogen) atoms. The first kappa shape index (κ1) is 27.4. The van der Waals surface area contributed by atoms with Crippen LogP contribution in [0.2, 0.25) is 0 Å². The van der Waals surface area contributed by atoms with E-state index >= 15 is 0 Å². The Morgan fingerprint density at radius 1 is 1.00 bits per heavy atom. The van der Waals surface area contributed by atoms with E-state index in [-0.39, 0.29) is 5.92 Å². The van der Waals surface area contributed by atoms with Crippen LogP contribution in [0.1, 0.15) is 63.6 Å². The number of hydrogen-bond donors (Lipinski definition) is 0. The first-order valence-electron chi connectivity index (χ1n) is 12.0. The third kappa shape index (κ3) is 9.25. The van der Waals surface area contributed by atoms with Crippen LogP contribution in [0.25, 0.3) is 0 Å². The first-order chi connectivity index (χ1) is 15.6. The maximum Gasteiger partial charge on any atom is 0.293 e. The van der Waals surface area contributed by atoms with Crippen LogP contribution in [-0.4, -0.2) is 36.5 Å². The number of nitrogens with zero attached hydrogens (tertiary/aromatic N) is 1. The van der Waals surface area contributed by atoms with Crippen molar-refractivity contribution in [3.8, 4) is 0 Å². The van der Waals surface area contributed by atoms with Crippen molar-refractivity contribution in [1.29, 1.82) is 0 Å². The van der Waals surface area contributed by atoms with E-state index in [1.54, 1.807) is 6.92 Å². The first-order valence-corrected chi connectivity index (χ1v) is 12.0. The van der Waals surface area contributed by atoms with Gasteiger partial charge < -0.3 is 9.64 Å². The van der Waals surface area contributed by atoms with Gasteiger partial charge in [-0.1, -0.05) is 87.4 Å². The van der Waals surface area contributed by atoms with Crippen molar-refractivity contribution in [3.63, 3.8) is 0 Å². The Morgan fingerprint density at radius 2 is 1.66 bits per heavy atom. The lowest BCUT2D eigenvalue weighted by atomic mass is 9.96. The summed E-state index contributed by atoms with van der Waals surface area (Å²) in [6, 6.07) is 19.6. The highest BCUT2D eigenvalue weighted by Crippen LogP contribution is 2.30. The molecule has 0 radical (unpaired) electrons. The average Bonchev–Trinajstić information content (AvgIpc) is 3.11. The van der Waals surface area contributed by atoms with E-state index in [1.165, 1.54) is 16.7 Å². The summed E-state index contributed by atoms with van der Waals surface area (Å²) in [6.45, 7) is 11.8. The van der Waals surface area contributed by atoms with E-state index in [1.807, 2.05) is 13.8 Å². The number of carbonyl (C=O) groups is 2. The van der Waals surface area contributed by atoms with Crippen LogP contribution < -0.4 is 0 Å². The number of hydrogen-bond acceptors (Lipinski definition) is 3. The molecule has 0 bridgehead atoms. The molecule has 1 heterocycles. The summed E-state index contributed by atoms with van der Waals surface area (Å²) in [5, 5.41) is 0. The van der Waals surface area contributed by atoms with E-state index in [0.717, 1.165) is 38.6 Å². The number of ether oxygens (including phenoxy) is 1. The minimum atomic E-state index is 0.219. The van der Waals surface area contributed by atoms with Gasteiger partial charge >= 0.3 is 0 Å². The second-order valence-corrected chi connectivity index (χ2v) is 7.88. The standard InChI is InChI=1S/C23H29NO.C3H6O2.C2H6/c1-3-7-21-17-22(16-20-8-5-4-6-9-20)24(23(21)25)15-14-19-12-10-18(2)11-13-19;1-2-5-3-4;1-2/h4-6,8-13,21-22H,3,7,14-17H2,1-2H3;3H,2H2,1H3;1-2H3/t21?,22-;;/m0../s1. The Labute approximate surface area is 195 Å². The van der Waals surface area contributed by atoms with Gasteiger partial charge in [-0.2, -0.15) is 0 Å². The van der Waals surface area contributed by atoms with Gasteiger partial charge in [-0.05, 0) is 50.7 Å². The summed E-state index contributed by atoms with van der Waals surface area (Å²) in [5.74, 6) is 0.589. The Balaban J connectivity index is 0.000000646. The molecule has 1 saturated heterocycles.